The highest BCUT2D eigenvalue weighted by molar-refractivity contribution is 7.96. The number of nitrogens with one attached hydrogen (secondary N) is 1. The summed E-state index contributed by atoms with van der Waals surface area (Å²) < 4.78 is 48.6. The molecule has 0 bridgehead atoms. The third-order valence-corrected chi connectivity index (χ3v) is 9.24. The van der Waals surface area contributed by atoms with Crippen LogP contribution in [-0.4, -0.2) is 39.5 Å². The van der Waals surface area contributed by atoms with E-state index < -0.39 is 36.6 Å². The van der Waals surface area contributed by atoms with Crippen molar-refractivity contribution in [1.29, 1.82) is 0 Å². The number of hydrogen-bond donors (Lipinski definition) is 1. The lowest BCUT2D eigenvalue weighted by atomic mass is 10.2. The van der Waals surface area contributed by atoms with Crippen LogP contribution < -0.4 is 5.32 Å². The van der Waals surface area contributed by atoms with Crippen molar-refractivity contribution in [2.75, 3.05) is 16.8 Å². The van der Waals surface area contributed by atoms with Gasteiger partial charge in [-0.1, -0.05) is 35.3 Å². The summed E-state index contributed by atoms with van der Waals surface area (Å²) in [5, 5.41) is 2.03. The number of halogens is 2. The van der Waals surface area contributed by atoms with Gasteiger partial charge >= 0.3 is 0 Å². The Morgan fingerprint density at radius 1 is 1.11 bits per heavy atom. The van der Waals surface area contributed by atoms with Crippen LogP contribution >= 0.6 is 23.2 Å². The Morgan fingerprint density at radius 2 is 1.81 bits per heavy atom. The van der Waals surface area contributed by atoms with Crippen molar-refractivity contribution >= 4 is 54.5 Å². The summed E-state index contributed by atoms with van der Waals surface area (Å²) >= 11 is 12.0. The van der Waals surface area contributed by atoms with Gasteiger partial charge in [-0.2, -0.15) is 0 Å². The van der Waals surface area contributed by atoms with Crippen molar-refractivity contribution in [2.24, 2.45) is 0 Å². The van der Waals surface area contributed by atoms with Crippen LogP contribution in [0.5, 0.6) is 0 Å². The lowest BCUT2D eigenvalue weighted by Crippen LogP contribution is -2.23. The molecule has 0 spiro atoms. The first-order chi connectivity index (χ1) is 12.6. The van der Waals surface area contributed by atoms with Gasteiger partial charge in [0.1, 0.15) is 0 Å². The number of rotatable bonds is 4. The Bertz CT molecular complexity index is 1110. The maximum Gasteiger partial charge on any atom is 0.255 e. The second-order valence-electron chi connectivity index (χ2n) is 6.15. The predicted octanol–water partition coefficient (Wildman–Crippen LogP) is 3.21. The van der Waals surface area contributed by atoms with E-state index in [0.29, 0.717) is 5.69 Å². The van der Waals surface area contributed by atoms with Crippen molar-refractivity contribution in [3.05, 3.63) is 58.1 Å². The largest absolute Gasteiger partial charge is 0.321 e. The maximum absolute atomic E-state index is 12.7. The van der Waals surface area contributed by atoms with E-state index in [2.05, 4.69) is 5.32 Å². The zero-order chi connectivity index (χ0) is 19.8. The smallest absolute Gasteiger partial charge is 0.255 e. The molecule has 1 atom stereocenters. The van der Waals surface area contributed by atoms with Crippen molar-refractivity contribution in [2.45, 2.75) is 16.6 Å². The number of carbonyl (C=O) groups excluding carboxylic acids is 1. The molecule has 0 radical (unpaired) electrons. The molecule has 0 saturated carbocycles. The summed E-state index contributed by atoms with van der Waals surface area (Å²) in [5.74, 6) is -1.11. The number of benzene rings is 2. The monoisotopic (exact) mass is 447 g/mol. The first-order valence-electron chi connectivity index (χ1n) is 7.90. The van der Waals surface area contributed by atoms with Crippen LogP contribution in [0.1, 0.15) is 16.8 Å². The molecule has 1 fully saturated rings. The molecule has 144 valence electrons. The van der Waals surface area contributed by atoms with Crippen LogP contribution in [-0.2, 0) is 19.7 Å². The second-order valence-corrected chi connectivity index (χ2v) is 11.4. The third kappa shape index (κ3) is 4.29. The minimum absolute atomic E-state index is 0.0548. The molecule has 6 nitrogen and oxygen atoms in total. The summed E-state index contributed by atoms with van der Waals surface area (Å²) in [7, 11) is -7.21. The summed E-state index contributed by atoms with van der Waals surface area (Å²) in [6, 6.07) is 10.2. The molecule has 1 unspecified atom stereocenters. The average molecular weight is 448 g/mol. The first-order valence-corrected chi connectivity index (χ1v) is 12.0. The van der Waals surface area contributed by atoms with Crippen LogP contribution in [0.2, 0.25) is 10.0 Å². The topological polar surface area (TPSA) is 97.4 Å². The van der Waals surface area contributed by atoms with Crippen molar-refractivity contribution < 1.29 is 21.6 Å². The molecule has 0 aromatic heterocycles. The maximum atomic E-state index is 12.7. The number of amides is 1. The standard InChI is InChI=1S/C17H15Cl2NO5S2/c18-14-5-2-6-15(16(14)19)20-17(21)11-3-1-4-12(9-11)27(24,25)13-7-8-26(22,23)10-13/h1-6,9,13H,7-8,10H2,(H,20,21). The van der Waals surface area contributed by atoms with E-state index in [-0.39, 0.29) is 32.7 Å². The highest BCUT2D eigenvalue weighted by Gasteiger charge is 2.38. The van der Waals surface area contributed by atoms with Crippen molar-refractivity contribution in [1.82, 2.24) is 0 Å². The minimum Gasteiger partial charge on any atom is -0.321 e. The van der Waals surface area contributed by atoms with Crippen LogP contribution in [0, 0.1) is 0 Å². The SMILES string of the molecule is O=C(Nc1cccc(Cl)c1Cl)c1cccc(S(=O)(=O)C2CCS(=O)(=O)C2)c1. The van der Waals surface area contributed by atoms with Gasteiger partial charge in [0.15, 0.2) is 19.7 Å². The highest BCUT2D eigenvalue weighted by Crippen LogP contribution is 2.30. The molecule has 10 heteroatoms. The molecule has 1 heterocycles. The molecule has 1 aliphatic heterocycles. The molecule has 3 rings (SSSR count). The second kappa shape index (κ2) is 7.43. The van der Waals surface area contributed by atoms with E-state index in [1.807, 2.05) is 0 Å². The number of sulfone groups is 2. The lowest BCUT2D eigenvalue weighted by molar-refractivity contribution is 0.102. The van der Waals surface area contributed by atoms with Crippen molar-refractivity contribution in [3.63, 3.8) is 0 Å². The van der Waals surface area contributed by atoms with Crippen LogP contribution in [0.15, 0.2) is 47.4 Å². The van der Waals surface area contributed by atoms with Gasteiger partial charge in [0.25, 0.3) is 5.91 Å². The van der Waals surface area contributed by atoms with E-state index in [0.717, 1.165) is 0 Å². The molecule has 1 aliphatic rings. The van der Waals surface area contributed by atoms with Crippen LogP contribution in [0.4, 0.5) is 5.69 Å². The van der Waals surface area contributed by atoms with E-state index in [4.69, 9.17) is 23.2 Å². The zero-order valence-electron chi connectivity index (χ0n) is 13.9. The molecule has 1 amide bonds. The first kappa shape index (κ1) is 20.1. The Labute approximate surface area is 167 Å². The predicted molar refractivity (Wildman–Crippen MR) is 105 cm³/mol. The molecule has 27 heavy (non-hydrogen) atoms. The van der Waals surface area contributed by atoms with Gasteiger partial charge in [-0.05, 0) is 36.8 Å². The van der Waals surface area contributed by atoms with E-state index in [9.17, 15) is 21.6 Å². The third-order valence-electron chi connectivity index (χ3n) is 4.25. The van der Waals surface area contributed by atoms with Gasteiger partial charge in [-0.3, -0.25) is 4.79 Å². The Morgan fingerprint density at radius 3 is 2.48 bits per heavy atom. The van der Waals surface area contributed by atoms with Gasteiger partial charge in [0.05, 0.1) is 37.4 Å². The van der Waals surface area contributed by atoms with E-state index >= 15 is 0 Å². The normalized spacial score (nSPS) is 19.0. The Kier molecular flexibility index (Phi) is 5.54. The fourth-order valence-corrected chi connectivity index (χ4v) is 7.56. The molecule has 1 N–H and O–H groups in total. The Hall–Kier alpha value is -1.61. The molecule has 2 aromatic carbocycles. The fourth-order valence-electron chi connectivity index (χ4n) is 2.81. The molecule has 1 saturated heterocycles. The summed E-state index contributed by atoms with van der Waals surface area (Å²) in [4.78, 5) is 12.4. The molecular weight excluding hydrogens is 433 g/mol. The summed E-state index contributed by atoms with van der Waals surface area (Å²) in [5.41, 5.74) is 0.400. The molecular formula is C17H15Cl2NO5S2. The van der Waals surface area contributed by atoms with Gasteiger partial charge in [0, 0.05) is 5.56 Å². The number of anilines is 1. The Balaban J connectivity index is 1.87. The zero-order valence-corrected chi connectivity index (χ0v) is 17.0. The summed E-state index contributed by atoms with van der Waals surface area (Å²) in [6.45, 7) is 0. The quantitative estimate of drug-likeness (QED) is 0.775. The number of hydrogen-bond acceptors (Lipinski definition) is 5. The summed E-state index contributed by atoms with van der Waals surface area (Å²) in [6.07, 6.45) is 0.0548. The van der Waals surface area contributed by atoms with Crippen LogP contribution in [0.3, 0.4) is 0 Å². The van der Waals surface area contributed by atoms with Gasteiger partial charge < -0.3 is 5.32 Å². The lowest BCUT2D eigenvalue weighted by Gasteiger charge is -2.12. The molecule has 2 aromatic rings. The van der Waals surface area contributed by atoms with Crippen LogP contribution in [0.25, 0.3) is 0 Å². The van der Waals surface area contributed by atoms with Gasteiger partial charge in [-0.25, -0.2) is 16.8 Å². The molecule has 0 aliphatic carbocycles. The highest BCUT2D eigenvalue weighted by atomic mass is 35.5. The minimum atomic E-state index is -3.86. The van der Waals surface area contributed by atoms with E-state index in [1.165, 1.54) is 24.3 Å². The van der Waals surface area contributed by atoms with Gasteiger partial charge in [-0.15, -0.1) is 0 Å². The fraction of sp³-hybridized carbons (Fsp3) is 0.235. The van der Waals surface area contributed by atoms with Gasteiger partial charge in [0.2, 0.25) is 0 Å². The number of carbonyl (C=O) groups is 1. The average Bonchev–Trinajstić information content (AvgIpc) is 3.00. The van der Waals surface area contributed by atoms with E-state index in [1.54, 1.807) is 18.2 Å². The van der Waals surface area contributed by atoms with Crippen molar-refractivity contribution in [3.8, 4) is 0 Å².